The molecule has 0 saturated carbocycles. The molecule has 0 saturated heterocycles. The van der Waals surface area contributed by atoms with Gasteiger partial charge in [-0.05, 0) is 36.2 Å². The molecule has 1 heterocycles. The first kappa shape index (κ1) is 14.8. The van der Waals surface area contributed by atoms with Gasteiger partial charge in [0.05, 0.1) is 9.92 Å². The third-order valence-corrected chi connectivity index (χ3v) is 4.28. The molecule has 1 aromatic carbocycles. The maximum absolute atomic E-state index is 12.2. The zero-order chi connectivity index (χ0) is 14.6. The van der Waals surface area contributed by atoms with Gasteiger partial charge in [0.25, 0.3) is 10.0 Å². The van der Waals surface area contributed by atoms with Gasteiger partial charge in [-0.25, -0.2) is 13.4 Å². The van der Waals surface area contributed by atoms with E-state index in [9.17, 15) is 8.42 Å². The maximum Gasteiger partial charge on any atom is 0.263 e. The summed E-state index contributed by atoms with van der Waals surface area (Å²) < 4.78 is 26.7. The van der Waals surface area contributed by atoms with Gasteiger partial charge in [0, 0.05) is 12.8 Å². The van der Waals surface area contributed by atoms with Crippen LogP contribution in [0.5, 0.6) is 0 Å². The molecule has 5 nitrogen and oxygen atoms in total. The molecule has 0 aliphatic heterocycles. The van der Waals surface area contributed by atoms with Crippen molar-refractivity contribution < 1.29 is 13.5 Å². The van der Waals surface area contributed by atoms with Gasteiger partial charge in [0.15, 0.2) is 5.82 Å². The van der Waals surface area contributed by atoms with Crippen LogP contribution in [0.2, 0.25) is 5.02 Å². The number of pyridine rings is 1. The second-order valence-corrected chi connectivity index (χ2v) is 6.15. The molecule has 7 heteroatoms. The van der Waals surface area contributed by atoms with Crippen LogP contribution in [0.3, 0.4) is 0 Å². The average Bonchev–Trinajstić information content (AvgIpc) is 2.42. The van der Waals surface area contributed by atoms with Gasteiger partial charge < -0.3 is 5.11 Å². The number of halogens is 1. The molecule has 0 atom stereocenters. The van der Waals surface area contributed by atoms with Crippen LogP contribution >= 0.6 is 11.6 Å². The summed E-state index contributed by atoms with van der Waals surface area (Å²) in [5, 5.41) is 9.05. The summed E-state index contributed by atoms with van der Waals surface area (Å²) >= 11 is 5.87. The van der Waals surface area contributed by atoms with Crippen LogP contribution in [0.4, 0.5) is 5.82 Å². The lowest BCUT2D eigenvalue weighted by Gasteiger charge is -2.09. The highest BCUT2D eigenvalue weighted by atomic mass is 35.5. The molecule has 20 heavy (non-hydrogen) atoms. The second kappa shape index (κ2) is 6.21. The number of aliphatic hydroxyl groups excluding tert-OH is 1. The Bertz CT molecular complexity index is 687. The summed E-state index contributed by atoms with van der Waals surface area (Å²) in [6.07, 6.45) is 1.94. The van der Waals surface area contributed by atoms with E-state index in [0.717, 1.165) is 5.56 Å². The van der Waals surface area contributed by atoms with Crippen LogP contribution in [0.15, 0.2) is 47.5 Å². The number of aromatic nitrogens is 1. The lowest BCUT2D eigenvalue weighted by molar-refractivity contribution is 0.299. The monoisotopic (exact) mass is 312 g/mol. The van der Waals surface area contributed by atoms with Crippen molar-refractivity contribution >= 4 is 27.4 Å². The number of aliphatic hydroxyl groups is 1. The summed E-state index contributed by atoms with van der Waals surface area (Å²) in [7, 11) is -3.73. The van der Waals surface area contributed by atoms with Crippen LogP contribution in [0.25, 0.3) is 0 Å². The molecule has 0 aliphatic carbocycles. The zero-order valence-corrected chi connectivity index (χ0v) is 12.0. The Morgan fingerprint density at radius 2 is 1.90 bits per heavy atom. The fraction of sp³-hybridized carbons (Fsp3) is 0.154. The summed E-state index contributed by atoms with van der Waals surface area (Å²) in [6.45, 7) is 0.0217. The third kappa shape index (κ3) is 3.47. The number of rotatable bonds is 5. The average molecular weight is 313 g/mol. The van der Waals surface area contributed by atoms with Crippen molar-refractivity contribution in [2.24, 2.45) is 0 Å². The Morgan fingerprint density at radius 3 is 2.50 bits per heavy atom. The molecule has 2 N–H and O–H groups in total. The smallest absolute Gasteiger partial charge is 0.263 e. The van der Waals surface area contributed by atoms with E-state index in [4.69, 9.17) is 16.7 Å². The Labute approximate surface area is 122 Å². The first-order valence-electron chi connectivity index (χ1n) is 5.86. The molecule has 0 aliphatic rings. The minimum absolute atomic E-state index is 0.0217. The highest BCUT2D eigenvalue weighted by Gasteiger charge is 2.16. The maximum atomic E-state index is 12.2. The van der Waals surface area contributed by atoms with Crippen molar-refractivity contribution in [3.8, 4) is 0 Å². The van der Waals surface area contributed by atoms with E-state index in [0.29, 0.717) is 6.42 Å². The number of anilines is 1. The molecule has 0 unspecified atom stereocenters. The Balaban J connectivity index is 2.24. The fourth-order valence-corrected chi connectivity index (χ4v) is 2.87. The van der Waals surface area contributed by atoms with Crippen molar-refractivity contribution in [2.45, 2.75) is 11.3 Å². The van der Waals surface area contributed by atoms with Gasteiger partial charge in [0.2, 0.25) is 0 Å². The summed E-state index contributed by atoms with van der Waals surface area (Å²) in [5.74, 6) is 0.0913. The minimum Gasteiger partial charge on any atom is -0.396 e. The molecule has 0 bridgehead atoms. The Morgan fingerprint density at radius 1 is 1.20 bits per heavy atom. The zero-order valence-electron chi connectivity index (χ0n) is 10.5. The molecule has 0 amide bonds. The van der Waals surface area contributed by atoms with Crippen LogP contribution in [-0.2, 0) is 16.4 Å². The number of benzene rings is 1. The van der Waals surface area contributed by atoms with Crippen molar-refractivity contribution in [3.63, 3.8) is 0 Å². The van der Waals surface area contributed by atoms with E-state index in [2.05, 4.69) is 9.71 Å². The molecule has 1 aromatic heterocycles. The van der Waals surface area contributed by atoms with Crippen molar-refractivity contribution in [1.82, 2.24) is 4.98 Å². The predicted octanol–water partition coefficient (Wildman–Crippen LogP) is 2.07. The molecule has 0 fully saturated rings. The number of hydrogen-bond donors (Lipinski definition) is 2. The summed E-state index contributed by atoms with van der Waals surface area (Å²) in [6, 6.07) is 9.44. The van der Waals surface area contributed by atoms with Gasteiger partial charge in [-0.15, -0.1) is 0 Å². The number of nitrogens with one attached hydrogen (secondary N) is 1. The first-order valence-corrected chi connectivity index (χ1v) is 7.72. The van der Waals surface area contributed by atoms with Crippen LogP contribution < -0.4 is 4.72 Å². The van der Waals surface area contributed by atoms with Crippen molar-refractivity contribution in [2.75, 3.05) is 11.3 Å². The van der Waals surface area contributed by atoms with Crippen molar-refractivity contribution in [1.29, 1.82) is 0 Å². The van der Waals surface area contributed by atoms with Gasteiger partial charge >= 0.3 is 0 Å². The Kier molecular flexibility index (Phi) is 4.59. The topological polar surface area (TPSA) is 79.3 Å². The van der Waals surface area contributed by atoms with E-state index in [1.54, 1.807) is 24.3 Å². The molecule has 2 aromatic rings. The fourth-order valence-electron chi connectivity index (χ4n) is 1.61. The third-order valence-electron chi connectivity index (χ3n) is 2.62. The Hall–Kier alpha value is -1.63. The first-order chi connectivity index (χ1) is 9.53. The number of hydrogen-bond acceptors (Lipinski definition) is 4. The highest BCUT2D eigenvalue weighted by molar-refractivity contribution is 7.92. The van der Waals surface area contributed by atoms with Gasteiger partial charge in [0.1, 0.15) is 0 Å². The largest absolute Gasteiger partial charge is 0.396 e. The van der Waals surface area contributed by atoms with Gasteiger partial charge in [-0.1, -0.05) is 23.7 Å². The van der Waals surface area contributed by atoms with Gasteiger partial charge in [-0.3, -0.25) is 4.72 Å². The van der Waals surface area contributed by atoms with E-state index < -0.39 is 10.0 Å². The van der Waals surface area contributed by atoms with Gasteiger partial charge in [-0.2, -0.15) is 0 Å². The molecule has 106 valence electrons. The number of sulfonamides is 1. The molecular weight excluding hydrogens is 300 g/mol. The lowest BCUT2D eigenvalue weighted by atomic mass is 10.2. The lowest BCUT2D eigenvalue weighted by Crippen LogP contribution is -2.14. The molecule has 0 spiro atoms. The highest BCUT2D eigenvalue weighted by Crippen LogP contribution is 2.21. The number of nitrogens with zero attached hydrogens (tertiary/aromatic N) is 1. The standard InChI is InChI=1S/C13H13ClN2O3S/c14-12-2-1-8-15-13(12)16-20(18,19)11-5-3-10(4-6-11)7-9-17/h1-6,8,17H,7,9H2,(H,15,16). The summed E-state index contributed by atoms with van der Waals surface area (Å²) in [4.78, 5) is 3.99. The van der Waals surface area contributed by atoms with Crippen LogP contribution in [0.1, 0.15) is 5.56 Å². The normalized spacial score (nSPS) is 11.3. The molecule has 0 radical (unpaired) electrons. The van der Waals surface area contributed by atoms with E-state index >= 15 is 0 Å². The van der Waals surface area contributed by atoms with Crippen LogP contribution in [-0.4, -0.2) is 25.1 Å². The van der Waals surface area contributed by atoms with E-state index in [-0.39, 0.29) is 22.3 Å². The molecule has 2 rings (SSSR count). The SMILES string of the molecule is O=S(=O)(Nc1ncccc1Cl)c1ccc(CCO)cc1. The van der Waals surface area contributed by atoms with Crippen LogP contribution in [0, 0.1) is 0 Å². The van der Waals surface area contributed by atoms with E-state index in [1.165, 1.54) is 18.3 Å². The minimum atomic E-state index is -3.73. The molecular formula is C13H13ClN2O3S. The van der Waals surface area contributed by atoms with E-state index in [1.807, 2.05) is 0 Å². The quantitative estimate of drug-likeness (QED) is 0.886. The second-order valence-electron chi connectivity index (χ2n) is 4.06. The summed E-state index contributed by atoms with van der Waals surface area (Å²) in [5.41, 5.74) is 0.863. The van der Waals surface area contributed by atoms with Crippen molar-refractivity contribution in [3.05, 3.63) is 53.2 Å². The predicted molar refractivity (Wildman–Crippen MR) is 77.3 cm³/mol.